The zero-order valence-electron chi connectivity index (χ0n) is 39.4. The second kappa shape index (κ2) is 14.8. The summed E-state index contributed by atoms with van der Waals surface area (Å²) >= 11 is 0. The van der Waals surface area contributed by atoms with Gasteiger partial charge in [-0.3, -0.25) is 0 Å². The van der Waals surface area contributed by atoms with Crippen molar-refractivity contribution in [3.05, 3.63) is 211 Å². The minimum absolute atomic E-state index is 0.0122. The lowest BCUT2D eigenvalue weighted by atomic mass is 9.85. The topological polar surface area (TPSA) is 18.1 Å². The summed E-state index contributed by atoms with van der Waals surface area (Å²) in [5.74, 6) is 0. The van der Waals surface area contributed by atoms with Gasteiger partial charge in [0.05, 0.1) is 16.7 Å². The minimum Gasteiger partial charge on any atom is -0.455 e. The summed E-state index contributed by atoms with van der Waals surface area (Å²) in [6, 6.07) is 74.3. The number of fused-ring (bicyclic) bond motifs is 10. The van der Waals surface area contributed by atoms with E-state index in [1.807, 2.05) is 0 Å². The van der Waals surface area contributed by atoms with Crippen LogP contribution in [0, 0.1) is 0 Å². The van der Waals surface area contributed by atoms with Gasteiger partial charge < -0.3 is 8.98 Å². The van der Waals surface area contributed by atoms with E-state index in [-0.39, 0.29) is 10.8 Å². The van der Waals surface area contributed by atoms with Gasteiger partial charge in [-0.25, -0.2) is 0 Å². The molecule has 0 bridgehead atoms. The molecule has 13 aromatic rings. The first kappa shape index (κ1) is 40.3. The van der Waals surface area contributed by atoms with Gasteiger partial charge in [-0.15, -0.1) is 0 Å². The molecular weight excluding hydrogens is 823 g/mol. The van der Waals surface area contributed by atoms with Gasteiger partial charge in [-0.2, -0.15) is 0 Å². The lowest BCUT2D eigenvalue weighted by molar-refractivity contribution is 0.590. The molecule has 13 rings (SSSR count). The van der Waals surface area contributed by atoms with Crippen molar-refractivity contribution in [1.29, 1.82) is 0 Å². The predicted octanol–water partition coefficient (Wildman–Crippen LogP) is 18.9. The van der Waals surface area contributed by atoms with E-state index in [4.69, 9.17) is 4.42 Å². The van der Waals surface area contributed by atoms with E-state index >= 15 is 0 Å². The van der Waals surface area contributed by atoms with Crippen LogP contribution in [-0.2, 0) is 10.8 Å². The maximum absolute atomic E-state index is 7.20. The highest BCUT2D eigenvalue weighted by molar-refractivity contribution is 6.28. The smallest absolute Gasteiger partial charge is 0.143 e. The highest BCUT2D eigenvalue weighted by atomic mass is 16.3. The molecule has 68 heavy (non-hydrogen) atoms. The summed E-state index contributed by atoms with van der Waals surface area (Å²) < 4.78 is 9.75. The molecule has 0 spiro atoms. The molecule has 0 atom stereocenters. The molecule has 0 fully saturated rings. The fourth-order valence-corrected chi connectivity index (χ4v) is 11.4. The minimum atomic E-state index is 0.0122. The second-order valence-electron chi connectivity index (χ2n) is 20.8. The van der Waals surface area contributed by atoms with E-state index < -0.39 is 0 Å². The van der Waals surface area contributed by atoms with Gasteiger partial charge in [0, 0.05) is 43.4 Å². The van der Waals surface area contributed by atoms with Crippen molar-refractivity contribution in [3.63, 3.8) is 0 Å². The highest BCUT2D eigenvalue weighted by Gasteiger charge is 2.26. The van der Waals surface area contributed by atoms with Gasteiger partial charge >= 0.3 is 0 Å². The number of rotatable bonds is 4. The van der Waals surface area contributed by atoms with Crippen molar-refractivity contribution in [3.8, 4) is 39.1 Å². The third-order valence-corrected chi connectivity index (χ3v) is 14.7. The Kier molecular flexibility index (Phi) is 8.77. The Labute approximate surface area is 396 Å². The number of hydrogen-bond donors (Lipinski definition) is 0. The summed E-state index contributed by atoms with van der Waals surface area (Å²) in [5.41, 5.74) is 15.2. The largest absolute Gasteiger partial charge is 0.455 e. The predicted molar refractivity (Wildman–Crippen MR) is 292 cm³/mol. The molecule has 0 aliphatic rings. The Hall–Kier alpha value is -7.94. The standard InChI is InChI=1S/C66H51NO/c1-65(2,3)41-34-36-56-54(38-41)55-39-42(66(4,5)6)35-37-57(55)67(56)63-49-28-16-14-26-47(49)61(48-27-15-17-29-50(48)63)52-31-18-32-53-62-51(30-19-33-58(62)68-64(52)53)60-45-24-12-10-22-43(45)59(40-20-8-7-9-21-40)44-23-11-13-25-46(44)60/h7-39H,1-6H3. The van der Waals surface area contributed by atoms with Gasteiger partial charge in [0.1, 0.15) is 11.2 Å². The van der Waals surface area contributed by atoms with Crippen molar-refractivity contribution in [2.45, 2.75) is 52.4 Å². The fraction of sp³-hybridized carbons (Fsp3) is 0.121. The van der Waals surface area contributed by atoms with Crippen LogP contribution in [0.25, 0.3) is 126 Å². The van der Waals surface area contributed by atoms with E-state index in [1.54, 1.807) is 0 Å². The highest BCUT2D eigenvalue weighted by Crippen LogP contribution is 2.50. The summed E-state index contributed by atoms with van der Waals surface area (Å²) in [5, 5.41) is 14.5. The van der Waals surface area contributed by atoms with Crippen LogP contribution in [0.5, 0.6) is 0 Å². The van der Waals surface area contributed by atoms with Crippen LogP contribution in [0.1, 0.15) is 52.7 Å². The quantitative estimate of drug-likeness (QED) is 0.161. The van der Waals surface area contributed by atoms with E-state index in [9.17, 15) is 0 Å². The van der Waals surface area contributed by atoms with Gasteiger partial charge in [0.2, 0.25) is 0 Å². The Morgan fingerprint density at radius 1 is 0.338 bits per heavy atom. The van der Waals surface area contributed by atoms with Crippen LogP contribution in [0.15, 0.2) is 205 Å². The van der Waals surface area contributed by atoms with Crippen LogP contribution in [-0.4, -0.2) is 4.57 Å². The number of hydrogen-bond acceptors (Lipinski definition) is 1. The van der Waals surface area contributed by atoms with Crippen molar-refractivity contribution in [1.82, 2.24) is 4.57 Å². The Morgan fingerprint density at radius 2 is 0.750 bits per heavy atom. The number of benzene rings is 11. The van der Waals surface area contributed by atoms with E-state index in [0.717, 1.165) is 27.5 Å². The molecule has 2 nitrogen and oxygen atoms in total. The summed E-state index contributed by atoms with van der Waals surface area (Å²) in [7, 11) is 0. The molecule has 2 aromatic heterocycles. The van der Waals surface area contributed by atoms with Crippen LogP contribution >= 0.6 is 0 Å². The maximum atomic E-state index is 7.20. The maximum Gasteiger partial charge on any atom is 0.143 e. The normalized spacial score (nSPS) is 12.6. The number of aromatic nitrogens is 1. The van der Waals surface area contributed by atoms with Crippen molar-refractivity contribution < 1.29 is 4.42 Å². The Balaban J connectivity index is 1.10. The molecule has 0 unspecified atom stereocenters. The molecule has 0 N–H and O–H groups in total. The molecule has 2 heteroatoms. The molecule has 11 aromatic carbocycles. The number of nitrogens with zero attached hydrogens (tertiary/aromatic N) is 1. The third kappa shape index (κ3) is 5.96. The fourth-order valence-electron chi connectivity index (χ4n) is 11.4. The molecule has 326 valence electrons. The SMILES string of the molecule is CC(C)(C)c1ccc2c(c1)c1cc(C(C)(C)C)ccc1n2-c1c2ccccc2c(-c2cccc3c2oc2cccc(-c4c5ccccc5c(-c5ccccc5)c5ccccc45)c23)c2ccccc12. The van der Waals surface area contributed by atoms with Gasteiger partial charge in [-0.05, 0) is 107 Å². The lowest BCUT2D eigenvalue weighted by Gasteiger charge is -2.21. The van der Waals surface area contributed by atoms with Crippen LogP contribution in [0.4, 0.5) is 0 Å². The molecule has 0 amide bonds. The van der Waals surface area contributed by atoms with Gasteiger partial charge in [-0.1, -0.05) is 211 Å². The van der Waals surface area contributed by atoms with Gasteiger partial charge in [0.15, 0.2) is 0 Å². The van der Waals surface area contributed by atoms with Crippen molar-refractivity contribution in [2.24, 2.45) is 0 Å². The Bertz CT molecular complexity index is 4020. The summed E-state index contributed by atoms with van der Waals surface area (Å²) in [4.78, 5) is 0. The summed E-state index contributed by atoms with van der Waals surface area (Å²) in [6.07, 6.45) is 0. The monoisotopic (exact) mass is 873 g/mol. The molecule has 0 saturated carbocycles. The third-order valence-electron chi connectivity index (χ3n) is 14.7. The zero-order valence-corrected chi connectivity index (χ0v) is 39.4. The molecule has 0 saturated heterocycles. The van der Waals surface area contributed by atoms with Crippen molar-refractivity contribution in [2.75, 3.05) is 0 Å². The molecular formula is C66H51NO. The average molecular weight is 874 g/mol. The lowest BCUT2D eigenvalue weighted by Crippen LogP contribution is -2.10. The molecule has 0 radical (unpaired) electrons. The second-order valence-corrected chi connectivity index (χ2v) is 20.8. The molecule has 2 heterocycles. The first-order valence-electron chi connectivity index (χ1n) is 24.0. The summed E-state index contributed by atoms with van der Waals surface area (Å²) in [6.45, 7) is 13.9. The van der Waals surface area contributed by atoms with Crippen LogP contribution < -0.4 is 0 Å². The van der Waals surface area contributed by atoms with Crippen LogP contribution in [0.2, 0.25) is 0 Å². The first-order chi connectivity index (χ1) is 33.0. The van der Waals surface area contributed by atoms with Crippen molar-refractivity contribution >= 4 is 86.8 Å². The molecule has 0 aliphatic carbocycles. The zero-order chi connectivity index (χ0) is 46.1. The van der Waals surface area contributed by atoms with E-state index in [2.05, 4.69) is 246 Å². The van der Waals surface area contributed by atoms with E-state index in [0.29, 0.717) is 0 Å². The van der Waals surface area contributed by atoms with E-state index in [1.165, 1.54) is 110 Å². The Morgan fingerprint density at radius 3 is 1.26 bits per heavy atom. The van der Waals surface area contributed by atoms with Crippen LogP contribution in [0.3, 0.4) is 0 Å². The number of furan rings is 1. The number of para-hydroxylation sites is 1. The van der Waals surface area contributed by atoms with Gasteiger partial charge in [0.25, 0.3) is 0 Å². The first-order valence-corrected chi connectivity index (χ1v) is 24.0. The molecule has 0 aliphatic heterocycles. The average Bonchev–Trinajstić information content (AvgIpc) is 3.90.